The summed E-state index contributed by atoms with van der Waals surface area (Å²) in [4.78, 5) is 11.6. The number of nitrogens with two attached hydrogens (primary N) is 1. The van der Waals surface area contributed by atoms with Crippen molar-refractivity contribution >= 4 is 21.6 Å². The highest BCUT2D eigenvalue weighted by molar-refractivity contribution is 7.89. The van der Waals surface area contributed by atoms with E-state index >= 15 is 0 Å². The lowest BCUT2D eigenvalue weighted by Crippen LogP contribution is -2.16. The summed E-state index contributed by atoms with van der Waals surface area (Å²) in [6.45, 7) is 5.52. The van der Waals surface area contributed by atoms with Gasteiger partial charge in [-0.25, -0.2) is 13.6 Å². The van der Waals surface area contributed by atoms with E-state index in [0.717, 1.165) is 0 Å². The Morgan fingerprint density at radius 3 is 2.50 bits per heavy atom. The van der Waals surface area contributed by atoms with Gasteiger partial charge in [0.2, 0.25) is 15.9 Å². The maximum absolute atomic E-state index is 11.6. The topological polar surface area (TPSA) is 89.3 Å². The molecule has 0 radical (unpaired) electrons. The summed E-state index contributed by atoms with van der Waals surface area (Å²) >= 11 is 0. The lowest BCUT2D eigenvalue weighted by Gasteiger charge is -2.10. The smallest absolute Gasteiger partial charge is 0.238 e. The average molecular weight is 270 g/mol. The van der Waals surface area contributed by atoms with Gasteiger partial charge < -0.3 is 5.32 Å². The molecular formula is C12H18N2O3S. The number of carbonyl (C=O) groups excluding carboxylic acids is 1. The van der Waals surface area contributed by atoms with Gasteiger partial charge in [0.25, 0.3) is 0 Å². The van der Waals surface area contributed by atoms with Crippen LogP contribution in [0.25, 0.3) is 0 Å². The van der Waals surface area contributed by atoms with Crippen molar-refractivity contribution in [3.8, 4) is 0 Å². The second kappa shape index (κ2) is 5.49. The largest absolute Gasteiger partial charge is 0.326 e. The Bertz CT molecular complexity index is 550. The average Bonchev–Trinajstić information content (AvgIpc) is 2.17. The zero-order chi connectivity index (χ0) is 13.9. The van der Waals surface area contributed by atoms with Gasteiger partial charge in [-0.1, -0.05) is 19.9 Å². The van der Waals surface area contributed by atoms with Crippen LogP contribution in [0.5, 0.6) is 0 Å². The van der Waals surface area contributed by atoms with Crippen molar-refractivity contribution in [1.29, 1.82) is 0 Å². The molecule has 0 spiro atoms. The number of amides is 1. The number of primary sulfonamides is 1. The SMILES string of the molecule is Cc1ccc(NC(=O)CC(C)C)cc1S(N)(=O)=O. The van der Waals surface area contributed by atoms with E-state index in [-0.39, 0.29) is 16.7 Å². The van der Waals surface area contributed by atoms with Crippen LogP contribution >= 0.6 is 0 Å². The van der Waals surface area contributed by atoms with Gasteiger partial charge in [0.1, 0.15) is 0 Å². The Hall–Kier alpha value is -1.40. The second-order valence-electron chi connectivity index (χ2n) is 4.67. The third-order valence-electron chi connectivity index (χ3n) is 2.37. The molecule has 18 heavy (non-hydrogen) atoms. The maximum Gasteiger partial charge on any atom is 0.238 e. The molecule has 0 saturated heterocycles. The first kappa shape index (κ1) is 14.7. The number of anilines is 1. The van der Waals surface area contributed by atoms with Crippen molar-refractivity contribution in [1.82, 2.24) is 0 Å². The van der Waals surface area contributed by atoms with E-state index in [4.69, 9.17) is 5.14 Å². The molecule has 0 aliphatic heterocycles. The zero-order valence-corrected chi connectivity index (χ0v) is 11.5. The highest BCUT2D eigenvalue weighted by Gasteiger charge is 2.13. The van der Waals surface area contributed by atoms with Crippen LogP contribution in [0.3, 0.4) is 0 Å². The molecule has 3 N–H and O–H groups in total. The minimum Gasteiger partial charge on any atom is -0.326 e. The molecule has 5 nitrogen and oxygen atoms in total. The summed E-state index contributed by atoms with van der Waals surface area (Å²) in [5, 5.41) is 7.75. The Balaban J connectivity index is 2.96. The first-order chi connectivity index (χ1) is 8.20. The van der Waals surface area contributed by atoms with E-state index < -0.39 is 10.0 Å². The van der Waals surface area contributed by atoms with E-state index in [1.807, 2.05) is 13.8 Å². The predicted molar refractivity (Wildman–Crippen MR) is 70.6 cm³/mol. The van der Waals surface area contributed by atoms with Crippen molar-refractivity contribution in [3.63, 3.8) is 0 Å². The number of sulfonamides is 1. The standard InChI is InChI=1S/C12H18N2O3S/c1-8(2)6-12(15)14-10-5-4-9(3)11(7-10)18(13,16)17/h4-5,7-8H,6H2,1-3H3,(H,14,15)(H2,13,16,17). The van der Waals surface area contributed by atoms with Crippen LogP contribution in [0.4, 0.5) is 5.69 Å². The van der Waals surface area contributed by atoms with Gasteiger partial charge in [0, 0.05) is 12.1 Å². The van der Waals surface area contributed by atoms with E-state index in [2.05, 4.69) is 5.32 Å². The highest BCUT2D eigenvalue weighted by atomic mass is 32.2. The first-order valence-electron chi connectivity index (χ1n) is 5.63. The molecule has 0 aliphatic rings. The van der Waals surface area contributed by atoms with E-state index in [1.54, 1.807) is 19.1 Å². The maximum atomic E-state index is 11.6. The van der Waals surface area contributed by atoms with Crippen LogP contribution in [0.1, 0.15) is 25.8 Å². The number of benzene rings is 1. The van der Waals surface area contributed by atoms with Gasteiger partial charge in [-0.3, -0.25) is 4.79 Å². The highest BCUT2D eigenvalue weighted by Crippen LogP contribution is 2.19. The van der Waals surface area contributed by atoms with Crippen LogP contribution < -0.4 is 10.5 Å². The van der Waals surface area contributed by atoms with E-state index in [1.165, 1.54) is 6.07 Å². The molecule has 0 heterocycles. The second-order valence-corrected chi connectivity index (χ2v) is 6.20. The summed E-state index contributed by atoms with van der Waals surface area (Å²) in [6, 6.07) is 4.65. The molecule has 0 fully saturated rings. The zero-order valence-electron chi connectivity index (χ0n) is 10.7. The van der Waals surface area contributed by atoms with Crippen LogP contribution in [-0.4, -0.2) is 14.3 Å². The number of hydrogen-bond acceptors (Lipinski definition) is 3. The number of hydrogen-bond donors (Lipinski definition) is 2. The van der Waals surface area contributed by atoms with Gasteiger partial charge >= 0.3 is 0 Å². The van der Waals surface area contributed by atoms with Crippen LogP contribution in [0, 0.1) is 12.8 Å². The Labute approximate surface area is 107 Å². The van der Waals surface area contributed by atoms with Gasteiger partial charge in [0.05, 0.1) is 4.90 Å². The Morgan fingerprint density at radius 1 is 1.39 bits per heavy atom. The predicted octanol–water partition coefficient (Wildman–Crippen LogP) is 1.63. The third-order valence-corrected chi connectivity index (χ3v) is 3.42. The fraction of sp³-hybridized carbons (Fsp3) is 0.417. The fourth-order valence-corrected chi connectivity index (χ4v) is 2.38. The molecule has 0 saturated carbocycles. The summed E-state index contributed by atoms with van der Waals surface area (Å²) < 4.78 is 22.7. The molecule has 6 heteroatoms. The molecule has 1 rings (SSSR count). The summed E-state index contributed by atoms with van der Waals surface area (Å²) in [7, 11) is -3.77. The normalized spacial score (nSPS) is 11.6. The monoisotopic (exact) mass is 270 g/mol. The van der Waals surface area contributed by atoms with Gasteiger partial charge in [-0.05, 0) is 30.5 Å². The molecule has 100 valence electrons. The minimum absolute atomic E-state index is 0.0323. The first-order valence-corrected chi connectivity index (χ1v) is 7.18. The third kappa shape index (κ3) is 4.12. The van der Waals surface area contributed by atoms with Gasteiger partial charge in [-0.15, -0.1) is 0 Å². The van der Waals surface area contributed by atoms with Crippen molar-refractivity contribution in [2.75, 3.05) is 5.32 Å². The van der Waals surface area contributed by atoms with Crippen molar-refractivity contribution in [3.05, 3.63) is 23.8 Å². The summed E-state index contributed by atoms with van der Waals surface area (Å²) in [6.07, 6.45) is 0.387. The lowest BCUT2D eigenvalue weighted by molar-refractivity contribution is -0.116. The summed E-state index contributed by atoms with van der Waals surface area (Å²) in [5.41, 5.74) is 0.995. The molecule has 1 aromatic rings. The number of rotatable bonds is 4. The van der Waals surface area contributed by atoms with Crippen LogP contribution in [0.15, 0.2) is 23.1 Å². The Kier molecular flexibility index (Phi) is 4.48. The molecule has 0 aromatic heterocycles. The van der Waals surface area contributed by atoms with Crippen LogP contribution in [-0.2, 0) is 14.8 Å². The lowest BCUT2D eigenvalue weighted by atomic mass is 10.1. The minimum atomic E-state index is -3.77. The molecule has 0 bridgehead atoms. The molecule has 1 aromatic carbocycles. The quantitative estimate of drug-likeness (QED) is 0.871. The summed E-state index contributed by atoms with van der Waals surface area (Å²) in [5.74, 6) is 0.0994. The molecule has 0 unspecified atom stereocenters. The van der Waals surface area contributed by atoms with Crippen molar-refractivity contribution in [2.45, 2.75) is 32.1 Å². The number of carbonyl (C=O) groups is 1. The molecule has 0 aliphatic carbocycles. The number of aryl methyl sites for hydroxylation is 1. The molecule has 0 atom stereocenters. The number of nitrogens with one attached hydrogen (secondary N) is 1. The van der Waals surface area contributed by atoms with Crippen molar-refractivity contribution in [2.24, 2.45) is 11.1 Å². The fourth-order valence-electron chi connectivity index (χ4n) is 1.57. The van der Waals surface area contributed by atoms with Crippen molar-refractivity contribution < 1.29 is 13.2 Å². The molecule has 1 amide bonds. The molecular weight excluding hydrogens is 252 g/mol. The van der Waals surface area contributed by atoms with Gasteiger partial charge in [0.15, 0.2) is 0 Å². The van der Waals surface area contributed by atoms with Crippen LogP contribution in [0.2, 0.25) is 0 Å². The van der Waals surface area contributed by atoms with E-state index in [9.17, 15) is 13.2 Å². The Morgan fingerprint density at radius 2 is 2.00 bits per heavy atom. The van der Waals surface area contributed by atoms with Gasteiger partial charge in [-0.2, -0.15) is 0 Å². The van der Waals surface area contributed by atoms with E-state index in [0.29, 0.717) is 17.7 Å².